The van der Waals surface area contributed by atoms with Crippen LogP contribution in [0.15, 0.2) is 24.3 Å². The number of alkyl carbamates (subject to hydrolysis) is 1. The van der Waals surface area contributed by atoms with E-state index in [1.54, 1.807) is 0 Å². The number of hydrogen-bond donors (Lipinski definition) is 2. The van der Waals surface area contributed by atoms with Gasteiger partial charge in [-0.1, -0.05) is 12.1 Å². The Bertz CT molecular complexity index is 398. The number of carbonyl (C=O) groups is 1. The van der Waals surface area contributed by atoms with Crippen LogP contribution >= 0.6 is 12.6 Å². The lowest BCUT2D eigenvalue weighted by molar-refractivity contribution is 0.0520. The third kappa shape index (κ3) is 6.96. The zero-order chi connectivity index (χ0) is 14.3. The smallest absolute Gasteiger partial charge is 0.407 e. The van der Waals surface area contributed by atoms with Crippen molar-refractivity contribution in [1.29, 1.82) is 0 Å². The normalized spacial score (nSPS) is 10.9. The summed E-state index contributed by atoms with van der Waals surface area (Å²) in [5.41, 5.74) is 0.663. The molecule has 5 heteroatoms. The van der Waals surface area contributed by atoms with Crippen molar-refractivity contribution in [3.8, 4) is 5.75 Å². The summed E-state index contributed by atoms with van der Waals surface area (Å²) in [5, 5.41) is 2.63. The largest absolute Gasteiger partial charge is 0.492 e. The Morgan fingerprint density at radius 2 is 1.89 bits per heavy atom. The lowest BCUT2D eigenvalue weighted by Gasteiger charge is -2.19. The first-order valence-corrected chi connectivity index (χ1v) is 6.83. The van der Waals surface area contributed by atoms with E-state index in [0.717, 1.165) is 11.3 Å². The van der Waals surface area contributed by atoms with E-state index in [0.29, 0.717) is 18.9 Å². The first-order chi connectivity index (χ1) is 8.90. The summed E-state index contributed by atoms with van der Waals surface area (Å²) in [4.78, 5) is 11.4. The van der Waals surface area contributed by atoms with Crippen LogP contribution in [0.3, 0.4) is 0 Å². The molecule has 0 aliphatic rings. The number of rotatable bonds is 5. The Hall–Kier alpha value is -1.36. The second kappa shape index (κ2) is 7.28. The molecule has 0 atom stereocenters. The molecular weight excluding hydrogens is 262 g/mol. The average Bonchev–Trinajstić information content (AvgIpc) is 2.33. The quantitative estimate of drug-likeness (QED) is 0.645. The minimum atomic E-state index is -0.479. The fraction of sp³-hybridized carbons (Fsp3) is 0.500. The van der Waals surface area contributed by atoms with Gasteiger partial charge in [0, 0.05) is 5.75 Å². The SMILES string of the molecule is CC(C)(C)OC(=O)NCCOc1ccc(CS)cc1. The molecule has 0 unspecified atom stereocenters. The van der Waals surface area contributed by atoms with Crippen molar-refractivity contribution in [3.05, 3.63) is 29.8 Å². The van der Waals surface area contributed by atoms with Gasteiger partial charge in [-0.3, -0.25) is 0 Å². The van der Waals surface area contributed by atoms with Gasteiger partial charge in [-0.15, -0.1) is 0 Å². The fourth-order valence-corrected chi connectivity index (χ4v) is 1.54. The summed E-state index contributed by atoms with van der Waals surface area (Å²) < 4.78 is 10.6. The number of nitrogens with one attached hydrogen (secondary N) is 1. The van der Waals surface area contributed by atoms with E-state index >= 15 is 0 Å². The van der Waals surface area contributed by atoms with Crippen LogP contribution < -0.4 is 10.1 Å². The van der Waals surface area contributed by atoms with Crippen LogP contribution in [0.1, 0.15) is 26.3 Å². The maximum absolute atomic E-state index is 11.4. The highest BCUT2D eigenvalue weighted by Crippen LogP contribution is 2.13. The third-order valence-corrected chi connectivity index (χ3v) is 2.51. The highest BCUT2D eigenvalue weighted by Gasteiger charge is 2.15. The van der Waals surface area contributed by atoms with E-state index < -0.39 is 11.7 Å². The molecule has 0 aliphatic heterocycles. The summed E-state index contributed by atoms with van der Waals surface area (Å²) in [5.74, 6) is 1.48. The Morgan fingerprint density at radius 1 is 1.26 bits per heavy atom. The van der Waals surface area contributed by atoms with Crippen molar-refractivity contribution in [2.75, 3.05) is 13.2 Å². The summed E-state index contributed by atoms with van der Waals surface area (Å²) in [7, 11) is 0. The molecule has 0 spiro atoms. The van der Waals surface area contributed by atoms with E-state index in [1.165, 1.54) is 0 Å². The van der Waals surface area contributed by atoms with Gasteiger partial charge in [0.2, 0.25) is 0 Å². The summed E-state index contributed by atoms with van der Waals surface area (Å²) in [6, 6.07) is 7.70. The molecule has 0 aliphatic carbocycles. The van der Waals surface area contributed by atoms with E-state index in [9.17, 15) is 4.79 Å². The van der Waals surface area contributed by atoms with Crippen molar-refractivity contribution in [1.82, 2.24) is 5.32 Å². The molecule has 0 saturated heterocycles. The predicted octanol–water partition coefficient (Wildman–Crippen LogP) is 3.02. The maximum Gasteiger partial charge on any atom is 0.407 e. The first kappa shape index (κ1) is 15.7. The second-order valence-electron chi connectivity index (χ2n) is 5.08. The molecule has 0 fully saturated rings. The van der Waals surface area contributed by atoms with Crippen LogP contribution in [0.25, 0.3) is 0 Å². The lowest BCUT2D eigenvalue weighted by atomic mass is 10.2. The number of carbonyl (C=O) groups excluding carboxylic acids is 1. The zero-order valence-electron chi connectivity index (χ0n) is 11.6. The monoisotopic (exact) mass is 283 g/mol. The van der Waals surface area contributed by atoms with E-state index in [2.05, 4.69) is 17.9 Å². The van der Waals surface area contributed by atoms with Crippen LogP contribution in [-0.2, 0) is 10.5 Å². The van der Waals surface area contributed by atoms with Gasteiger partial charge < -0.3 is 14.8 Å². The van der Waals surface area contributed by atoms with Crippen LogP contribution in [0, 0.1) is 0 Å². The van der Waals surface area contributed by atoms with E-state index in [4.69, 9.17) is 9.47 Å². The molecular formula is C14H21NO3S. The molecule has 1 rings (SSSR count). The predicted molar refractivity (Wildman–Crippen MR) is 78.9 cm³/mol. The van der Waals surface area contributed by atoms with E-state index in [-0.39, 0.29) is 0 Å². The van der Waals surface area contributed by atoms with Crippen molar-refractivity contribution in [3.63, 3.8) is 0 Å². The van der Waals surface area contributed by atoms with Gasteiger partial charge in [0.1, 0.15) is 18.0 Å². The highest BCUT2D eigenvalue weighted by atomic mass is 32.1. The molecule has 1 aromatic rings. The van der Waals surface area contributed by atoms with Crippen molar-refractivity contribution >= 4 is 18.7 Å². The van der Waals surface area contributed by atoms with Gasteiger partial charge in [0.05, 0.1) is 6.54 Å². The van der Waals surface area contributed by atoms with Crippen molar-refractivity contribution < 1.29 is 14.3 Å². The van der Waals surface area contributed by atoms with Gasteiger partial charge >= 0.3 is 6.09 Å². The van der Waals surface area contributed by atoms with Crippen LogP contribution in [0.5, 0.6) is 5.75 Å². The number of thiol groups is 1. The Labute approximate surface area is 119 Å². The summed E-state index contributed by atoms with van der Waals surface area (Å²) in [6.45, 7) is 6.28. The average molecular weight is 283 g/mol. The molecule has 0 radical (unpaired) electrons. The Morgan fingerprint density at radius 3 is 2.42 bits per heavy atom. The van der Waals surface area contributed by atoms with Crippen molar-refractivity contribution in [2.24, 2.45) is 0 Å². The number of hydrogen-bond acceptors (Lipinski definition) is 4. The number of amides is 1. The fourth-order valence-electron chi connectivity index (χ4n) is 1.33. The molecule has 1 N–H and O–H groups in total. The lowest BCUT2D eigenvalue weighted by Crippen LogP contribution is -2.34. The van der Waals surface area contributed by atoms with Gasteiger partial charge in [-0.2, -0.15) is 12.6 Å². The molecule has 0 saturated carbocycles. The molecule has 1 amide bonds. The number of benzene rings is 1. The molecule has 4 nitrogen and oxygen atoms in total. The third-order valence-electron chi connectivity index (χ3n) is 2.14. The highest BCUT2D eigenvalue weighted by molar-refractivity contribution is 7.79. The van der Waals surface area contributed by atoms with Gasteiger partial charge in [-0.25, -0.2) is 4.79 Å². The molecule has 0 bridgehead atoms. The standard InChI is InChI=1S/C14H21NO3S/c1-14(2,3)18-13(16)15-8-9-17-12-6-4-11(10-19)5-7-12/h4-7,19H,8-10H2,1-3H3,(H,15,16). The van der Waals surface area contributed by atoms with E-state index in [1.807, 2.05) is 45.0 Å². The molecule has 1 aromatic carbocycles. The van der Waals surface area contributed by atoms with Gasteiger partial charge in [0.25, 0.3) is 0 Å². The van der Waals surface area contributed by atoms with Crippen LogP contribution in [0.2, 0.25) is 0 Å². The van der Waals surface area contributed by atoms with Gasteiger partial charge in [0.15, 0.2) is 0 Å². The molecule has 106 valence electrons. The Kier molecular flexibility index (Phi) is 6.02. The first-order valence-electron chi connectivity index (χ1n) is 6.20. The van der Waals surface area contributed by atoms with Crippen molar-refractivity contribution in [2.45, 2.75) is 32.1 Å². The zero-order valence-corrected chi connectivity index (χ0v) is 12.5. The Balaban J connectivity index is 2.21. The van der Waals surface area contributed by atoms with Crippen LogP contribution in [-0.4, -0.2) is 24.8 Å². The minimum Gasteiger partial charge on any atom is -0.492 e. The number of ether oxygens (including phenoxy) is 2. The maximum atomic E-state index is 11.4. The van der Waals surface area contributed by atoms with Gasteiger partial charge in [-0.05, 0) is 38.5 Å². The molecule has 0 heterocycles. The minimum absolute atomic E-state index is 0.402. The summed E-state index contributed by atoms with van der Waals surface area (Å²) in [6.07, 6.45) is -0.429. The molecule has 19 heavy (non-hydrogen) atoms. The molecule has 0 aromatic heterocycles. The van der Waals surface area contributed by atoms with Crippen LogP contribution in [0.4, 0.5) is 4.79 Å². The summed E-state index contributed by atoms with van der Waals surface area (Å²) >= 11 is 4.18. The second-order valence-corrected chi connectivity index (χ2v) is 5.40. The topological polar surface area (TPSA) is 47.6 Å².